The average molecular weight is 333 g/mol. The second kappa shape index (κ2) is 8.80. The predicted molar refractivity (Wildman–Crippen MR) is 89.6 cm³/mol. The number of aryl methyl sites for hydroxylation is 1. The van der Waals surface area contributed by atoms with E-state index in [9.17, 15) is 8.78 Å². The highest BCUT2D eigenvalue weighted by molar-refractivity contribution is 5.85. The van der Waals surface area contributed by atoms with E-state index in [0.29, 0.717) is 5.56 Å². The zero-order chi connectivity index (χ0) is 15.4. The highest BCUT2D eigenvalue weighted by atomic mass is 35.5. The van der Waals surface area contributed by atoms with E-state index in [1.807, 2.05) is 0 Å². The zero-order valence-electron chi connectivity index (χ0n) is 13.7. The van der Waals surface area contributed by atoms with E-state index >= 15 is 0 Å². The van der Waals surface area contributed by atoms with E-state index in [1.54, 1.807) is 6.92 Å². The Morgan fingerprint density at radius 2 is 1.86 bits per heavy atom. The van der Waals surface area contributed by atoms with Crippen LogP contribution >= 0.6 is 12.4 Å². The summed E-state index contributed by atoms with van der Waals surface area (Å²) in [5.41, 5.74) is 0.785. The summed E-state index contributed by atoms with van der Waals surface area (Å²) in [5.74, 6) is -0.551. The van der Waals surface area contributed by atoms with Crippen molar-refractivity contribution < 1.29 is 8.78 Å². The summed E-state index contributed by atoms with van der Waals surface area (Å²) in [7, 11) is 0. The van der Waals surface area contributed by atoms with E-state index in [4.69, 9.17) is 0 Å². The van der Waals surface area contributed by atoms with Crippen molar-refractivity contribution in [2.75, 3.05) is 26.2 Å². The molecular weight excluding hydrogens is 306 g/mol. The van der Waals surface area contributed by atoms with E-state index in [0.717, 1.165) is 39.0 Å². The molecular formula is C17H27ClF2N2. The number of hydrogen-bond donors (Lipinski definition) is 1. The minimum Gasteiger partial charge on any atom is -0.314 e. The average Bonchev–Trinajstić information content (AvgIpc) is 2.48. The molecule has 2 nitrogen and oxygen atoms in total. The van der Waals surface area contributed by atoms with Crippen molar-refractivity contribution in [2.45, 2.75) is 39.7 Å². The van der Waals surface area contributed by atoms with Gasteiger partial charge in [-0.3, -0.25) is 4.90 Å². The molecule has 1 unspecified atom stereocenters. The lowest BCUT2D eigenvalue weighted by Gasteiger charge is -2.39. The van der Waals surface area contributed by atoms with Gasteiger partial charge in [0.05, 0.1) is 0 Å². The van der Waals surface area contributed by atoms with Gasteiger partial charge in [-0.05, 0) is 30.9 Å². The summed E-state index contributed by atoms with van der Waals surface area (Å²) in [6.07, 6.45) is 2.00. The molecule has 0 aliphatic carbocycles. The molecule has 2 rings (SSSR count). The third-order valence-corrected chi connectivity index (χ3v) is 4.44. The molecule has 1 aliphatic rings. The van der Waals surface area contributed by atoms with Crippen LogP contribution < -0.4 is 5.32 Å². The van der Waals surface area contributed by atoms with Gasteiger partial charge in [0.25, 0.3) is 0 Å². The molecule has 1 N–H and O–H groups in total. The topological polar surface area (TPSA) is 15.3 Å². The molecule has 126 valence electrons. The monoisotopic (exact) mass is 332 g/mol. The highest BCUT2D eigenvalue weighted by Gasteiger charge is 2.31. The standard InChI is InChI=1S/C17H26F2N2.ClH/c1-4-5-13(3)17(21-10-8-20-9-11-21)15-14(18)7-6-12(2)16(15)19;/h6-7,13,17,20H,4-5,8-11H2,1-3H3;1H/t13?,17-;/m1./s1. The fourth-order valence-corrected chi connectivity index (χ4v) is 3.35. The maximum atomic E-state index is 14.6. The van der Waals surface area contributed by atoms with Crippen LogP contribution in [0.5, 0.6) is 0 Å². The predicted octanol–water partition coefficient (Wildman–Crippen LogP) is 4.08. The summed E-state index contributed by atoms with van der Waals surface area (Å²) in [4.78, 5) is 2.23. The van der Waals surface area contributed by atoms with Gasteiger partial charge in [0, 0.05) is 37.8 Å². The van der Waals surface area contributed by atoms with E-state index in [-0.39, 0.29) is 35.7 Å². The number of rotatable bonds is 5. The fourth-order valence-electron chi connectivity index (χ4n) is 3.35. The van der Waals surface area contributed by atoms with Crippen LogP contribution in [0.15, 0.2) is 12.1 Å². The molecule has 5 heteroatoms. The van der Waals surface area contributed by atoms with Gasteiger partial charge >= 0.3 is 0 Å². The summed E-state index contributed by atoms with van der Waals surface area (Å²) in [5, 5.41) is 3.30. The Kier molecular flexibility index (Phi) is 7.74. The van der Waals surface area contributed by atoms with Crippen molar-refractivity contribution in [1.82, 2.24) is 10.2 Å². The number of piperazine rings is 1. The zero-order valence-corrected chi connectivity index (χ0v) is 14.5. The molecule has 2 atom stereocenters. The van der Waals surface area contributed by atoms with Crippen LogP contribution in [0.1, 0.15) is 43.9 Å². The Hall–Kier alpha value is -0.710. The van der Waals surface area contributed by atoms with E-state index in [1.165, 1.54) is 12.1 Å². The number of nitrogens with one attached hydrogen (secondary N) is 1. The van der Waals surface area contributed by atoms with Crippen LogP contribution in [-0.2, 0) is 0 Å². The Morgan fingerprint density at radius 3 is 2.45 bits per heavy atom. The SMILES string of the molecule is CCCC(C)[C@H](c1c(F)ccc(C)c1F)N1CCNCC1.Cl. The molecule has 0 aromatic heterocycles. The quantitative estimate of drug-likeness (QED) is 0.874. The molecule has 1 aliphatic heterocycles. The lowest BCUT2D eigenvalue weighted by atomic mass is 9.87. The second-order valence-electron chi connectivity index (χ2n) is 6.09. The van der Waals surface area contributed by atoms with Crippen LogP contribution in [0.25, 0.3) is 0 Å². The molecule has 1 fully saturated rings. The van der Waals surface area contributed by atoms with E-state index in [2.05, 4.69) is 24.1 Å². The molecule has 1 saturated heterocycles. The largest absolute Gasteiger partial charge is 0.314 e. The molecule has 1 aromatic rings. The second-order valence-corrected chi connectivity index (χ2v) is 6.09. The van der Waals surface area contributed by atoms with Crippen molar-refractivity contribution in [2.24, 2.45) is 5.92 Å². The van der Waals surface area contributed by atoms with Crippen molar-refractivity contribution >= 4 is 12.4 Å². The van der Waals surface area contributed by atoms with Crippen LogP contribution in [-0.4, -0.2) is 31.1 Å². The number of hydrogen-bond acceptors (Lipinski definition) is 2. The Morgan fingerprint density at radius 1 is 1.23 bits per heavy atom. The van der Waals surface area contributed by atoms with Crippen molar-refractivity contribution in [3.8, 4) is 0 Å². The van der Waals surface area contributed by atoms with Gasteiger partial charge in [-0.2, -0.15) is 0 Å². The van der Waals surface area contributed by atoms with Gasteiger partial charge < -0.3 is 5.32 Å². The van der Waals surface area contributed by atoms with Gasteiger partial charge in [0.15, 0.2) is 0 Å². The van der Waals surface area contributed by atoms with Crippen LogP contribution in [0, 0.1) is 24.5 Å². The first-order valence-electron chi connectivity index (χ1n) is 7.95. The molecule has 0 bridgehead atoms. The number of nitrogens with zero attached hydrogens (tertiary/aromatic N) is 1. The first kappa shape index (κ1) is 19.3. The first-order valence-corrected chi connectivity index (χ1v) is 7.95. The van der Waals surface area contributed by atoms with Gasteiger partial charge in [-0.1, -0.05) is 26.3 Å². The molecule has 1 aromatic carbocycles. The lowest BCUT2D eigenvalue weighted by molar-refractivity contribution is 0.119. The van der Waals surface area contributed by atoms with Crippen molar-refractivity contribution in [3.05, 3.63) is 34.9 Å². The van der Waals surface area contributed by atoms with Crippen LogP contribution in [0.3, 0.4) is 0 Å². The van der Waals surface area contributed by atoms with Crippen LogP contribution in [0.4, 0.5) is 8.78 Å². The molecule has 0 amide bonds. The summed E-state index contributed by atoms with van der Waals surface area (Å²) in [6, 6.07) is 2.75. The van der Waals surface area contributed by atoms with Gasteiger partial charge in [-0.15, -0.1) is 12.4 Å². The van der Waals surface area contributed by atoms with Crippen molar-refractivity contribution in [3.63, 3.8) is 0 Å². The normalized spacial score (nSPS) is 18.6. The molecule has 0 saturated carbocycles. The lowest BCUT2D eigenvalue weighted by Crippen LogP contribution is -2.47. The minimum atomic E-state index is -0.412. The van der Waals surface area contributed by atoms with Gasteiger partial charge in [0.2, 0.25) is 0 Å². The highest BCUT2D eigenvalue weighted by Crippen LogP contribution is 2.35. The Bertz CT molecular complexity index is 476. The van der Waals surface area contributed by atoms with Gasteiger partial charge in [-0.25, -0.2) is 8.78 Å². The molecule has 1 heterocycles. The summed E-state index contributed by atoms with van der Waals surface area (Å²) < 4.78 is 28.9. The molecule has 0 radical (unpaired) electrons. The number of halogens is 3. The smallest absolute Gasteiger partial charge is 0.133 e. The third kappa shape index (κ3) is 4.18. The van der Waals surface area contributed by atoms with Crippen molar-refractivity contribution in [1.29, 1.82) is 0 Å². The maximum Gasteiger partial charge on any atom is 0.133 e. The first-order chi connectivity index (χ1) is 10.1. The van der Waals surface area contributed by atoms with E-state index < -0.39 is 5.82 Å². The Labute approximate surface area is 138 Å². The summed E-state index contributed by atoms with van der Waals surface area (Å²) >= 11 is 0. The fraction of sp³-hybridized carbons (Fsp3) is 0.647. The third-order valence-electron chi connectivity index (χ3n) is 4.44. The summed E-state index contributed by atoms with van der Waals surface area (Å²) in [6.45, 7) is 9.37. The molecule has 22 heavy (non-hydrogen) atoms. The minimum absolute atomic E-state index is 0. The van der Waals surface area contributed by atoms with Gasteiger partial charge in [0.1, 0.15) is 11.6 Å². The Balaban J connectivity index is 0.00000242. The molecule has 0 spiro atoms. The van der Waals surface area contributed by atoms with Crippen LogP contribution in [0.2, 0.25) is 0 Å². The number of benzene rings is 1. The maximum absolute atomic E-state index is 14.6.